The van der Waals surface area contributed by atoms with Crippen molar-refractivity contribution in [3.05, 3.63) is 92.4 Å². The molecule has 2 aliphatic rings. The number of esters is 1. The van der Waals surface area contributed by atoms with E-state index >= 15 is 0 Å². The molecule has 50 heavy (non-hydrogen) atoms. The van der Waals surface area contributed by atoms with Gasteiger partial charge in [-0.2, -0.15) is 0 Å². The van der Waals surface area contributed by atoms with Gasteiger partial charge in [-0.3, -0.25) is 23.7 Å². The zero-order chi connectivity index (χ0) is 35.9. The first-order valence-corrected chi connectivity index (χ1v) is 18.3. The van der Waals surface area contributed by atoms with E-state index in [0.29, 0.717) is 27.0 Å². The Morgan fingerprint density at radius 1 is 0.920 bits per heavy atom. The predicted molar refractivity (Wildman–Crippen MR) is 184 cm³/mol. The molecule has 0 aliphatic carbocycles. The summed E-state index contributed by atoms with van der Waals surface area (Å²) in [4.78, 5) is 68.2. The van der Waals surface area contributed by atoms with E-state index in [-0.39, 0.29) is 28.4 Å². The summed E-state index contributed by atoms with van der Waals surface area (Å²) >= 11 is 1.92. The van der Waals surface area contributed by atoms with Gasteiger partial charge in [0.25, 0.3) is 0 Å². The molecule has 2 unspecified atom stereocenters. The van der Waals surface area contributed by atoms with Crippen LogP contribution in [0.2, 0.25) is 0 Å². The maximum atomic E-state index is 14.3. The van der Waals surface area contributed by atoms with Crippen LogP contribution in [-0.2, 0) is 35.7 Å². The molecule has 3 N–H and O–H groups in total. The number of hydrogen-bond acceptors (Lipinski definition) is 12. The van der Waals surface area contributed by atoms with Crippen LogP contribution < -0.4 is 29.7 Å². The Morgan fingerprint density at radius 2 is 1.60 bits per heavy atom. The average molecular weight is 739 g/mol. The first-order valence-electron chi connectivity index (χ1n) is 15.1. The molecule has 0 spiro atoms. The summed E-state index contributed by atoms with van der Waals surface area (Å²) in [5.74, 6) is -3.02. The zero-order valence-electron chi connectivity index (χ0n) is 26.8. The summed E-state index contributed by atoms with van der Waals surface area (Å²) in [6.07, 6.45) is 0. The molecular formula is C33H30N4O10S3. The molecule has 1 saturated heterocycles. The van der Waals surface area contributed by atoms with Crippen LogP contribution in [-0.4, -0.2) is 62.8 Å². The van der Waals surface area contributed by atoms with Crippen LogP contribution in [0, 0.1) is 5.92 Å². The highest BCUT2D eigenvalue weighted by Gasteiger charge is 2.57. The van der Waals surface area contributed by atoms with Gasteiger partial charge in [0.05, 0.1) is 47.9 Å². The van der Waals surface area contributed by atoms with Gasteiger partial charge < -0.3 is 19.5 Å². The number of amides is 3. The van der Waals surface area contributed by atoms with Gasteiger partial charge in [-0.1, -0.05) is 29.2 Å². The number of ether oxygens (including phenoxy) is 3. The molecule has 6 rings (SSSR count). The van der Waals surface area contributed by atoms with E-state index in [4.69, 9.17) is 19.3 Å². The normalized spacial score (nSPS) is 18.3. The topological polar surface area (TPSA) is 193 Å². The van der Waals surface area contributed by atoms with Crippen LogP contribution in [0.5, 0.6) is 11.5 Å². The molecule has 3 heterocycles. The summed E-state index contributed by atoms with van der Waals surface area (Å²) in [6, 6.07) is 16.3. The number of anilines is 2. The maximum absolute atomic E-state index is 14.3. The number of rotatable bonds is 10. The fraction of sp³-hybridized carbons (Fsp3) is 0.242. The lowest BCUT2D eigenvalue weighted by atomic mass is 9.83. The lowest BCUT2D eigenvalue weighted by Crippen LogP contribution is -2.33. The Balaban J connectivity index is 1.38. The van der Waals surface area contributed by atoms with Crippen molar-refractivity contribution in [1.82, 2.24) is 4.57 Å². The molecule has 17 heteroatoms. The van der Waals surface area contributed by atoms with E-state index in [1.807, 2.05) is 0 Å². The molecule has 4 aromatic rings. The van der Waals surface area contributed by atoms with Gasteiger partial charge in [0.15, 0.2) is 11.5 Å². The first kappa shape index (κ1) is 34.9. The molecule has 14 nitrogen and oxygen atoms in total. The quantitative estimate of drug-likeness (QED) is 0.179. The van der Waals surface area contributed by atoms with E-state index in [1.165, 1.54) is 67.3 Å². The van der Waals surface area contributed by atoms with Crippen LogP contribution in [0.25, 0.3) is 0 Å². The Hall–Kier alpha value is -4.97. The number of thiazole rings is 1. The smallest absolute Gasteiger partial charge is 0.338 e. The second-order valence-corrected chi connectivity index (χ2v) is 14.9. The SMILES string of the molecule is CCOC(=O)c1ccc(N2C(=O)C3Sc4c(sc(=O)n4CC(=O)Nc4ccc(S(N)(=O)=O)cc4)[C@H](c4ccc(OC)c(OC)c4)C3C2=O)cc1. The number of nitrogens with two attached hydrogens (primary N) is 1. The summed E-state index contributed by atoms with van der Waals surface area (Å²) in [5, 5.41) is 7.19. The standard InChI is InChI=1S/C33H30N4O10S3/c1-4-47-32(41)17-5-10-20(11-6-17)37-29(39)26-25(18-7-14-22(45-2)23(15-18)46-3)28-31(48-27(26)30(37)40)36(33(42)49-28)16-24(38)35-19-8-12-21(13-9-19)50(34,43)44/h5-15,25-27H,4,16H2,1-3H3,(H,35,38)(H2,34,43,44)/t25-,26?,27?/m1/s1. The van der Waals surface area contributed by atoms with E-state index in [2.05, 4.69) is 5.32 Å². The van der Waals surface area contributed by atoms with E-state index in [0.717, 1.165) is 28.0 Å². The summed E-state index contributed by atoms with van der Waals surface area (Å²) in [7, 11) is -0.983. The fourth-order valence-corrected chi connectivity index (χ4v) is 9.24. The number of carbonyl (C=O) groups is 4. The van der Waals surface area contributed by atoms with Gasteiger partial charge in [-0.25, -0.2) is 23.3 Å². The first-order chi connectivity index (χ1) is 23.9. The number of benzene rings is 3. The molecule has 0 saturated carbocycles. The van der Waals surface area contributed by atoms with Crippen LogP contribution in [0.3, 0.4) is 0 Å². The third kappa shape index (κ3) is 6.39. The lowest BCUT2D eigenvalue weighted by molar-refractivity contribution is -0.122. The Morgan fingerprint density at radius 3 is 2.22 bits per heavy atom. The Bertz CT molecular complexity index is 2180. The number of thioether (sulfide) groups is 1. The number of carbonyl (C=O) groups excluding carboxylic acids is 4. The molecule has 0 bridgehead atoms. The monoisotopic (exact) mass is 738 g/mol. The maximum Gasteiger partial charge on any atom is 0.338 e. The number of nitrogens with zero attached hydrogens (tertiary/aromatic N) is 2. The molecule has 2 aliphatic heterocycles. The van der Waals surface area contributed by atoms with Crippen molar-refractivity contribution >= 4 is 68.2 Å². The van der Waals surface area contributed by atoms with E-state index < -0.39 is 62.2 Å². The van der Waals surface area contributed by atoms with Gasteiger partial charge in [0.2, 0.25) is 27.7 Å². The molecule has 1 aromatic heterocycles. The molecular weight excluding hydrogens is 709 g/mol. The molecule has 260 valence electrons. The Labute approximate surface area is 294 Å². The molecule has 1 fully saturated rings. The number of primary sulfonamides is 1. The van der Waals surface area contributed by atoms with E-state index in [1.54, 1.807) is 25.1 Å². The van der Waals surface area contributed by atoms with Gasteiger partial charge in [-0.05, 0) is 73.2 Å². The number of imide groups is 1. The molecule has 3 atom stereocenters. The minimum absolute atomic E-state index is 0.134. The van der Waals surface area contributed by atoms with Gasteiger partial charge >= 0.3 is 10.8 Å². The molecule has 3 aromatic carbocycles. The fourth-order valence-electron chi connectivity index (χ4n) is 5.95. The van der Waals surface area contributed by atoms with Crippen LogP contribution in [0.1, 0.15) is 33.6 Å². The third-order valence-corrected chi connectivity index (χ3v) is 11.8. The second kappa shape index (κ2) is 13.7. The van der Waals surface area contributed by atoms with Crippen molar-refractivity contribution in [3.63, 3.8) is 0 Å². The minimum Gasteiger partial charge on any atom is -0.493 e. The third-order valence-electron chi connectivity index (χ3n) is 8.22. The van der Waals surface area contributed by atoms with E-state index in [9.17, 15) is 32.4 Å². The number of fused-ring (bicyclic) bond motifs is 2. The highest BCUT2D eigenvalue weighted by molar-refractivity contribution is 8.00. The average Bonchev–Trinajstić information content (AvgIpc) is 3.53. The van der Waals surface area contributed by atoms with Crippen LogP contribution in [0.15, 0.2) is 81.4 Å². The van der Waals surface area contributed by atoms with Gasteiger partial charge in [-0.15, -0.1) is 0 Å². The summed E-state index contributed by atoms with van der Waals surface area (Å²) in [5.41, 5.74) is 1.39. The van der Waals surface area contributed by atoms with Gasteiger partial charge in [0, 0.05) is 16.5 Å². The zero-order valence-corrected chi connectivity index (χ0v) is 29.2. The van der Waals surface area contributed by atoms with Gasteiger partial charge in [0.1, 0.15) is 11.8 Å². The molecule has 0 radical (unpaired) electrons. The van der Waals surface area contributed by atoms with Crippen molar-refractivity contribution in [2.24, 2.45) is 11.1 Å². The van der Waals surface area contributed by atoms with Crippen molar-refractivity contribution < 1.29 is 41.8 Å². The van der Waals surface area contributed by atoms with Crippen molar-refractivity contribution in [2.75, 3.05) is 31.0 Å². The van der Waals surface area contributed by atoms with Crippen molar-refractivity contribution in [2.45, 2.75) is 34.6 Å². The number of methoxy groups -OCH3 is 2. The number of aromatic nitrogens is 1. The number of sulfonamides is 1. The van der Waals surface area contributed by atoms with Crippen molar-refractivity contribution in [3.8, 4) is 11.5 Å². The summed E-state index contributed by atoms with van der Waals surface area (Å²) in [6.45, 7) is 1.45. The lowest BCUT2D eigenvalue weighted by Gasteiger charge is -2.31. The summed E-state index contributed by atoms with van der Waals surface area (Å²) < 4.78 is 40.5. The highest BCUT2D eigenvalue weighted by atomic mass is 32.2. The predicted octanol–water partition coefficient (Wildman–Crippen LogP) is 3.19. The Kier molecular flexibility index (Phi) is 9.58. The number of nitrogens with one attached hydrogen (secondary N) is 1. The van der Waals surface area contributed by atoms with Crippen molar-refractivity contribution in [1.29, 1.82) is 0 Å². The largest absolute Gasteiger partial charge is 0.493 e. The van der Waals surface area contributed by atoms with Crippen LogP contribution in [0.4, 0.5) is 11.4 Å². The number of hydrogen-bond donors (Lipinski definition) is 2. The van der Waals surface area contributed by atoms with Crippen LogP contribution >= 0.6 is 23.1 Å². The molecule has 3 amide bonds. The highest BCUT2D eigenvalue weighted by Crippen LogP contribution is 2.54. The second-order valence-electron chi connectivity index (χ2n) is 11.2. The minimum atomic E-state index is -3.93.